The van der Waals surface area contributed by atoms with Crippen LogP contribution in [0.25, 0.3) is 0 Å². The zero-order valence-corrected chi connectivity index (χ0v) is 19.7. The van der Waals surface area contributed by atoms with Crippen molar-refractivity contribution in [3.8, 4) is 18.6 Å². The predicted octanol–water partition coefficient (Wildman–Crippen LogP) is 5.76. The Hall–Kier alpha value is -2.54. The molecule has 0 heterocycles. The van der Waals surface area contributed by atoms with Crippen molar-refractivity contribution in [3.63, 3.8) is 0 Å². The topological polar surface area (TPSA) is 52.6 Å². The molecule has 33 heavy (non-hydrogen) atoms. The minimum absolute atomic E-state index is 0.0141. The smallest absolute Gasteiger partial charge is 0.344 e. The van der Waals surface area contributed by atoms with E-state index in [0.717, 1.165) is 44.9 Å². The fourth-order valence-electron chi connectivity index (χ4n) is 7.64. The Morgan fingerprint density at radius 1 is 1.03 bits per heavy atom. The lowest BCUT2D eigenvalue weighted by Gasteiger charge is -2.54. The molecule has 0 spiro atoms. The summed E-state index contributed by atoms with van der Waals surface area (Å²) in [6.45, 7) is 2.26. The molecule has 4 aliphatic rings. The van der Waals surface area contributed by atoms with Crippen LogP contribution < -0.4 is 4.74 Å². The van der Waals surface area contributed by atoms with E-state index in [2.05, 4.69) is 19.8 Å². The molecule has 1 aromatic carbocycles. The number of esters is 1. The lowest BCUT2D eigenvalue weighted by Crippen LogP contribution is -2.49. The molecule has 0 aliphatic heterocycles. The highest BCUT2D eigenvalue weighted by Gasteiger charge is 2.58. The second-order valence-corrected chi connectivity index (χ2v) is 10.1. The Bertz CT molecular complexity index is 901. The van der Waals surface area contributed by atoms with Crippen LogP contribution in [0.1, 0.15) is 64.7 Å². The van der Waals surface area contributed by atoms with Crippen molar-refractivity contribution in [1.82, 2.24) is 0 Å². The molecule has 6 unspecified atom stereocenters. The zero-order chi connectivity index (χ0) is 23.4. The summed E-state index contributed by atoms with van der Waals surface area (Å²) in [5.74, 6) is 3.47. The van der Waals surface area contributed by atoms with E-state index in [-0.39, 0.29) is 24.1 Å². The third-order valence-corrected chi connectivity index (χ3v) is 8.97. The van der Waals surface area contributed by atoms with Crippen molar-refractivity contribution >= 4 is 11.8 Å². The SMILES string of the molecule is C#C.CCC12CCC3C4CCC(=O)C=C4CCC3C1CCC2OC(=O)COc1ccccc1. The first-order chi connectivity index (χ1) is 16.1. The first-order valence-corrected chi connectivity index (χ1v) is 12.5. The summed E-state index contributed by atoms with van der Waals surface area (Å²) < 4.78 is 11.7. The Balaban J connectivity index is 0.00000126. The number of para-hydroxylation sites is 1. The molecule has 3 saturated carbocycles. The molecule has 5 rings (SSSR count). The summed E-state index contributed by atoms with van der Waals surface area (Å²) in [5.41, 5.74) is 1.55. The standard InChI is InChI=1S/C27H34O4.C2H2/c1-2-27-15-14-22-21-11-9-19(28)16-18(21)8-10-23(22)24(27)12-13-25(27)31-26(29)17-30-20-6-4-3-5-7-20;1-2/h3-7,16,21-25H,2,8-15,17H2,1H3;1-2H. The number of ketones is 1. The van der Waals surface area contributed by atoms with E-state index in [1.807, 2.05) is 36.4 Å². The second kappa shape index (κ2) is 10.2. The maximum atomic E-state index is 12.6. The number of benzene rings is 1. The molecule has 6 atom stereocenters. The van der Waals surface area contributed by atoms with Gasteiger partial charge in [-0.15, -0.1) is 12.8 Å². The molecule has 4 heteroatoms. The Kier molecular flexibility index (Phi) is 7.27. The Labute approximate surface area is 198 Å². The number of allylic oxidation sites excluding steroid dienone is 1. The minimum Gasteiger partial charge on any atom is -0.482 e. The van der Waals surface area contributed by atoms with Gasteiger partial charge in [-0.05, 0) is 93.2 Å². The quantitative estimate of drug-likeness (QED) is 0.425. The van der Waals surface area contributed by atoms with Crippen LogP contribution in [0.5, 0.6) is 5.75 Å². The summed E-state index contributed by atoms with van der Waals surface area (Å²) >= 11 is 0. The van der Waals surface area contributed by atoms with Crippen LogP contribution >= 0.6 is 0 Å². The third kappa shape index (κ3) is 4.47. The number of rotatable bonds is 5. The van der Waals surface area contributed by atoms with Crippen LogP contribution in [0, 0.1) is 41.9 Å². The number of ether oxygens (including phenoxy) is 2. The molecular weight excluding hydrogens is 412 g/mol. The molecule has 1 aromatic rings. The first kappa shape index (κ1) is 23.6. The number of hydrogen-bond donors (Lipinski definition) is 0. The fourth-order valence-corrected chi connectivity index (χ4v) is 7.64. The Morgan fingerprint density at radius 2 is 1.82 bits per heavy atom. The van der Waals surface area contributed by atoms with Crippen molar-refractivity contribution in [2.75, 3.05) is 6.61 Å². The molecule has 0 amide bonds. The van der Waals surface area contributed by atoms with Crippen molar-refractivity contribution in [1.29, 1.82) is 0 Å². The van der Waals surface area contributed by atoms with E-state index in [1.165, 1.54) is 18.4 Å². The zero-order valence-electron chi connectivity index (χ0n) is 19.7. The largest absolute Gasteiger partial charge is 0.482 e. The van der Waals surface area contributed by atoms with E-state index < -0.39 is 0 Å². The summed E-state index contributed by atoms with van der Waals surface area (Å²) in [4.78, 5) is 24.5. The van der Waals surface area contributed by atoms with E-state index >= 15 is 0 Å². The number of fused-ring (bicyclic) bond motifs is 5. The van der Waals surface area contributed by atoms with Crippen molar-refractivity contribution < 1.29 is 19.1 Å². The van der Waals surface area contributed by atoms with Crippen LogP contribution in [-0.4, -0.2) is 24.5 Å². The number of hydrogen-bond acceptors (Lipinski definition) is 4. The molecule has 4 aliphatic carbocycles. The molecule has 0 aromatic heterocycles. The summed E-state index contributed by atoms with van der Waals surface area (Å²) in [5, 5.41) is 0. The van der Waals surface area contributed by atoms with Crippen LogP contribution in [0.3, 0.4) is 0 Å². The molecule has 176 valence electrons. The average molecular weight is 449 g/mol. The van der Waals surface area contributed by atoms with Gasteiger partial charge in [0, 0.05) is 11.8 Å². The van der Waals surface area contributed by atoms with E-state index in [0.29, 0.717) is 35.2 Å². The van der Waals surface area contributed by atoms with Crippen molar-refractivity contribution in [2.24, 2.45) is 29.1 Å². The number of carbonyl (C=O) groups excluding carboxylic acids is 2. The molecule has 0 radical (unpaired) electrons. The van der Waals surface area contributed by atoms with Gasteiger partial charge < -0.3 is 9.47 Å². The molecule has 0 bridgehead atoms. The van der Waals surface area contributed by atoms with Gasteiger partial charge in [0.15, 0.2) is 12.4 Å². The second-order valence-electron chi connectivity index (χ2n) is 10.1. The van der Waals surface area contributed by atoms with Crippen LogP contribution in [-0.2, 0) is 14.3 Å². The lowest BCUT2D eigenvalue weighted by atomic mass is 9.51. The third-order valence-electron chi connectivity index (χ3n) is 8.97. The van der Waals surface area contributed by atoms with Gasteiger partial charge in [0.1, 0.15) is 11.9 Å². The number of carbonyl (C=O) groups is 2. The number of terminal acetylenes is 1. The Morgan fingerprint density at radius 3 is 2.58 bits per heavy atom. The lowest BCUT2D eigenvalue weighted by molar-refractivity contribution is -0.163. The van der Waals surface area contributed by atoms with Gasteiger partial charge in [0.2, 0.25) is 0 Å². The van der Waals surface area contributed by atoms with E-state index in [1.54, 1.807) is 0 Å². The summed E-state index contributed by atoms with van der Waals surface area (Å²) in [6.07, 6.45) is 19.6. The molecule has 0 saturated heterocycles. The highest BCUT2D eigenvalue weighted by Crippen LogP contribution is 2.63. The van der Waals surface area contributed by atoms with Gasteiger partial charge in [-0.25, -0.2) is 4.79 Å². The maximum Gasteiger partial charge on any atom is 0.344 e. The highest BCUT2D eigenvalue weighted by atomic mass is 16.6. The van der Waals surface area contributed by atoms with Gasteiger partial charge in [-0.1, -0.05) is 30.7 Å². The predicted molar refractivity (Wildman–Crippen MR) is 128 cm³/mol. The highest BCUT2D eigenvalue weighted by molar-refractivity contribution is 5.91. The first-order valence-electron chi connectivity index (χ1n) is 12.5. The average Bonchev–Trinajstić information content (AvgIpc) is 3.23. The molecule has 3 fully saturated rings. The van der Waals surface area contributed by atoms with Gasteiger partial charge in [-0.3, -0.25) is 4.79 Å². The van der Waals surface area contributed by atoms with E-state index in [4.69, 9.17) is 9.47 Å². The van der Waals surface area contributed by atoms with Gasteiger partial charge in [-0.2, -0.15) is 0 Å². The normalized spacial score (nSPS) is 34.5. The van der Waals surface area contributed by atoms with E-state index in [9.17, 15) is 9.59 Å². The van der Waals surface area contributed by atoms with Crippen LogP contribution in [0.2, 0.25) is 0 Å². The summed E-state index contributed by atoms with van der Waals surface area (Å²) in [6, 6.07) is 9.45. The van der Waals surface area contributed by atoms with Gasteiger partial charge in [0.05, 0.1) is 0 Å². The van der Waals surface area contributed by atoms with Gasteiger partial charge in [0.25, 0.3) is 0 Å². The fraction of sp³-hybridized carbons (Fsp3) is 0.586. The monoisotopic (exact) mass is 448 g/mol. The summed E-state index contributed by atoms with van der Waals surface area (Å²) in [7, 11) is 0. The molecule has 0 N–H and O–H groups in total. The maximum absolute atomic E-state index is 12.6. The molecule has 4 nitrogen and oxygen atoms in total. The molecular formula is C29H36O4. The van der Waals surface area contributed by atoms with Gasteiger partial charge >= 0.3 is 5.97 Å². The van der Waals surface area contributed by atoms with Crippen LogP contribution in [0.15, 0.2) is 42.0 Å². The van der Waals surface area contributed by atoms with Crippen molar-refractivity contribution in [2.45, 2.75) is 70.8 Å². The van der Waals surface area contributed by atoms with Crippen LogP contribution in [0.4, 0.5) is 0 Å². The van der Waals surface area contributed by atoms with Crippen molar-refractivity contribution in [3.05, 3.63) is 42.0 Å². The minimum atomic E-state index is -0.246.